The summed E-state index contributed by atoms with van der Waals surface area (Å²) in [5.41, 5.74) is 1.30. The van der Waals surface area contributed by atoms with Gasteiger partial charge in [-0.05, 0) is 55.8 Å². The molecule has 0 saturated carbocycles. The molecule has 1 atom stereocenters. The molecule has 0 spiro atoms. The van der Waals surface area contributed by atoms with Crippen LogP contribution in [0.15, 0.2) is 42.5 Å². The molecule has 0 radical (unpaired) electrons. The third kappa shape index (κ3) is 4.82. The van der Waals surface area contributed by atoms with E-state index in [0.29, 0.717) is 6.04 Å². The fourth-order valence-corrected chi connectivity index (χ4v) is 3.37. The van der Waals surface area contributed by atoms with Crippen molar-refractivity contribution >= 4 is 20.6 Å². The van der Waals surface area contributed by atoms with Gasteiger partial charge in [0.15, 0.2) is 0 Å². The van der Waals surface area contributed by atoms with Gasteiger partial charge in [0.25, 0.3) is 0 Å². The van der Waals surface area contributed by atoms with Crippen LogP contribution in [-0.4, -0.2) is 38.9 Å². The SMILES string of the molecule is C[C@H](c1ccc2ccccc2c1)N(C)CCCCS(C)(=O)=O. The van der Waals surface area contributed by atoms with E-state index in [2.05, 4.69) is 61.3 Å². The van der Waals surface area contributed by atoms with E-state index in [9.17, 15) is 8.42 Å². The first kappa shape index (κ1) is 17.0. The Bertz CT molecular complexity index is 725. The number of hydrogen-bond donors (Lipinski definition) is 0. The Morgan fingerprint density at radius 1 is 1.05 bits per heavy atom. The van der Waals surface area contributed by atoms with Crippen molar-refractivity contribution in [3.8, 4) is 0 Å². The van der Waals surface area contributed by atoms with Gasteiger partial charge in [-0.2, -0.15) is 0 Å². The highest BCUT2D eigenvalue weighted by Crippen LogP contribution is 2.23. The molecule has 0 unspecified atom stereocenters. The van der Waals surface area contributed by atoms with Crippen molar-refractivity contribution in [1.82, 2.24) is 4.90 Å². The Morgan fingerprint density at radius 3 is 2.41 bits per heavy atom. The monoisotopic (exact) mass is 319 g/mol. The normalized spacial score (nSPS) is 13.6. The zero-order valence-corrected chi connectivity index (χ0v) is 14.4. The van der Waals surface area contributed by atoms with Crippen molar-refractivity contribution in [3.05, 3.63) is 48.0 Å². The summed E-state index contributed by atoms with van der Waals surface area (Å²) in [7, 11) is -0.740. The minimum atomic E-state index is -2.84. The van der Waals surface area contributed by atoms with E-state index in [4.69, 9.17) is 0 Å². The Morgan fingerprint density at radius 2 is 1.73 bits per heavy atom. The number of sulfone groups is 1. The summed E-state index contributed by atoms with van der Waals surface area (Å²) in [6.07, 6.45) is 2.93. The summed E-state index contributed by atoms with van der Waals surface area (Å²) < 4.78 is 22.3. The molecule has 22 heavy (non-hydrogen) atoms. The third-order valence-corrected chi connectivity index (χ3v) is 5.22. The van der Waals surface area contributed by atoms with Crippen LogP contribution in [0.25, 0.3) is 10.8 Å². The summed E-state index contributed by atoms with van der Waals surface area (Å²) >= 11 is 0. The highest BCUT2D eigenvalue weighted by Gasteiger charge is 2.12. The molecule has 0 bridgehead atoms. The Kier molecular flexibility index (Phi) is 5.59. The lowest BCUT2D eigenvalue weighted by atomic mass is 10.0. The van der Waals surface area contributed by atoms with Gasteiger partial charge >= 0.3 is 0 Å². The number of unbranched alkanes of at least 4 members (excludes halogenated alkanes) is 1. The Balaban J connectivity index is 1.95. The molecule has 0 aliphatic rings. The van der Waals surface area contributed by atoms with Crippen LogP contribution in [0.1, 0.15) is 31.4 Å². The molecule has 120 valence electrons. The summed E-state index contributed by atoms with van der Waals surface area (Å²) in [5.74, 6) is 0.283. The van der Waals surface area contributed by atoms with Gasteiger partial charge in [-0.15, -0.1) is 0 Å². The van der Waals surface area contributed by atoms with Gasteiger partial charge in [0.05, 0.1) is 0 Å². The van der Waals surface area contributed by atoms with Crippen LogP contribution in [0.5, 0.6) is 0 Å². The van der Waals surface area contributed by atoms with Crippen molar-refractivity contribution in [2.45, 2.75) is 25.8 Å². The molecule has 3 nitrogen and oxygen atoms in total. The predicted octanol–water partition coefficient (Wildman–Crippen LogP) is 3.66. The molecule has 0 amide bonds. The van der Waals surface area contributed by atoms with Crippen molar-refractivity contribution in [2.24, 2.45) is 0 Å². The molecule has 4 heteroatoms. The van der Waals surface area contributed by atoms with Crippen LogP contribution >= 0.6 is 0 Å². The van der Waals surface area contributed by atoms with Gasteiger partial charge in [0, 0.05) is 18.1 Å². The molecular weight excluding hydrogens is 294 g/mol. The molecular formula is C18H25NO2S. The molecule has 2 aromatic rings. The van der Waals surface area contributed by atoms with E-state index in [0.717, 1.165) is 19.4 Å². The number of benzene rings is 2. The topological polar surface area (TPSA) is 37.4 Å². The Labute approximate surface area is 133 Å². The highest BCUT2D eigenvalue weighted by atomic mass is 32.2. The van der Waals surface area contributed by atoms with Crippen LogP contribution in [-0.2, 0) is 9.84 Å². The van der Waals surface area contributed by atoms with E-state index in [1.54, 1.807) is 0 Å². The number of hydrogen-bond acceptors (Lipinski definition) is 3. The maximum absolute atomic E-state index is 11.1. The first-order valence-corrected chi connectivity index (χ1v) is 9.79. The lowest BCUT2D eigenvalue weighted by Gasteiger charge is -2.25. The molecule has 0 fully saturated rings. The second-order valence-corrected chi connectivity index (χ2v) is 8.36. The molecule has 0 aliphatic heterocycles. The van der Waals surface area contributed by atoms with Crippen LogP contribution < -0.4 is 0 Å². The fourth-order valence-electron chi connectivity index (χ4n) is 2.64. The summed E-state index contributed by atoms with van der Waals surface area (Å²) in [5, 5.41) is 2.52. The van der Waals surface area contributed by atoms with Crippen LogP contribution in [0, 0.1) is 0 Å². The second-order valence-electron chi connectivity index (χ2n) is 6.10. The number of nitrogens with zero attached hydrogens (tertiary/aromatic N) is 1. The lowest BCUT2D eigenvalue weighted by molar-refractivity contribution is 0.258. The first-order chi connectivity index (χ1) is 10.4. The highest BCUT2D eigenvalue weighted by molar-refractivity contribution is 7.90. The maximum Gasteiger partial charge on any atom is 0.147 e. The van der Waals surface area contributed by atoms with Crippen LogP contribution in [0.4, 0.5) is 0 Å². The van der Waals surface area contributed by atoms with Crippen LogP contribution in [0.3, 0.4) is 0 Å². The summed E-state index contributed by atoms with van der Waals surface area (Å²) in [6.45, 7) is 3.10. The van der Waals surface area contributed by atoms with E-state index in [1.165, 1.54) is 22.6 Å². The smallest absolute Gasteiger partial charge is 0.147 e. The van der Waals surface area contributed by atoms with Crippen molar-refractivity contribution in [1.29, 1.82) is 0 Å². The minimum absolute atomic E-state index is 0.283. The van der Waals surface area contributed by atoms with Gasteiger partial charge in [-0.3, -0.25) is 4.90 Å². The van der Waals surface area contributed by atoms with Gasteiger partial charge in [-0.1, -0.05) is 36.4 Å². The van der Waals surface area contributed by atoms with Crippen molar-refractivity contribution in [3.63, 3.8) is 0 Å². The Hall–Kier alpha value is -1.39. The lowest BCUT2D eigenvalue weighted by Crippen LogP contribution is -2.24. The fraction of sp³-hybridized carbons (Fsp3) is 0.444. The van der Waals surface area contributed by atoms with Crippen molar-refractivity contribution < 1.29 is 8.42 Å². The maximum atomic E-state index is 11.1. The zero-order chi connectivity index (χ0) is 16.2. The average molecular weight is 319 g/mol. The number of rotatable bonds is 7. The van der Waals surface area contributed by atoms with Gasteiger partial charge < -0.3 is 0 Å². The van der Waals surface area contributed by atoms with Gasteiger partial charge in [0.1, 0.15) is 9.84 Å². The van der Waals surface area contributed by atoms with E-state index >= 15 is 0 Å². The van der Waals surface area contributed by atoms with Crippen LogP contribution in [0.2, 0.25) is 0 Å². The molecule has 2 rings (SSSR count). The van der Waals surface area contributed by atoms with E-state index in [1.807, 2.05) is 0 Å². The second kappa shape index (κ2) is 7.25. The largest absolute Gasteiger partial charge is 0.300 e. The number of fused-ring (bicyclic) bond motifs is 1. The standard InChI is InChI=1S/C18H25NO2S/c1-15(19(2)12-6-7-13-22(3,20)21)17-11-10-16-8-4-5-9-18(16)14-17/h4-5,8-11,14-15H,6-7,12-13H2,1-3H3/t15-/m1/s1. The van der Waals surface area contributed by atoms with E-state index in [-0.39, 0.29) is 5.75 Å². The average Bonchev–Trinajstić information content (AvgIpc) is 2.49. The summed E-state index contributed by atoms with van der Waals surface area (Å²) in [6, 6.07) is 15.3. The summed E-state index contributed by atoms with van der Waals surface area (Å²) in [4.78, 5) is 2.28. The van der Waals surface area contributed by atoms with Gasteiger partial charge in [-0.25, -0.2) is 8.42 Å². The van der Waals surface area contributed by atoms with Crippen molar-refractivity contribution in [2.75, 3.05) is 25.6 Å². The molecule has 0 aliphatic carbocycles. The first-order valence-electron chi connectivity index (χ1n) is 7.73. The molecule has 0 aromatic heterocycles. The molecule has 0 saturated heterocycles. The van der Waals surface area contributed by atoms with Gasteiger partial charge in [0.2, 0.25) is 0 Å². The van der Waals surface area contributed by atoms with E-state index < -0.39 is 9.84 Å². The quantitative estimate of drug-likeness (QED) is 0.731. The molecule has 0 heterocycles. The molecule has 0 N–H and O–H groups in total. The third-order valence-electron chi connectivity index (χ3n) is 4.19. The molecule has 2 aromatic carbocycles. The zero-order valence-electron chi connectivity index (χ0n) is 13.6. The minimum Gasteiger partial charge on any atom is -0.300 e. The predicted molar refractivity (Wildman–Crippen MR) is 93.9 cm³/mol.